The van der Waals surface area contributed by atoms with Crippen LogP contribution in [0.4, 0.5) is 0 Å². The number of carbonyl (C=O) groups is 2. The predicted molar refractivity (Wildman–Crippen MR) is 84.4 cm³/mol. The minimum atomic E-state index is -1.08. The number of aromatic nitrogens is 1. The normalized spacial score (nSPS) is 10.8. The number of carbonyl (C=O) groups excluding carboxylic acids is 1. The average Bonchev–Trinajstić information content (AvgIpc) is 2.89. The molecule has 0 unspecified atom stereocenters. The van der Waals surface area contributed by atoms with Crippen LogP contribution in [0.2, 0.25) is 0 Å². The van der Waals surface area contributed by atoms with Gasteiger partial charge in [-0.25, -0.2) is 4.79 Å². The first kappa shape index (κ1) is 14.1. The standard InChI is InChI=1S/C18H15NO3/c1-2-19-14-11-7-6-10-13(14)15(18(21)22)16(19)17(20)12-8-4-3-5-9-12/h3-11H,2H2,1H3,(H,21,22). The number of hydrogen-bond donors (Lipinski definition) is 1. The molecule has 0 saturated carbocycles. The van der Waals surface area contributed by atoms with Crippen molar-refractivity contribution in [3.63, 3.8) is 0 Å². The van der Waals surface area contributed by atoms with Gasteiger partial charge in [-0.05, 0) is 13.0 Å². The Morgan fingerprint density at radius 2 is 1.64 bits per heavy atom. The third kappa shape index (κ3) is 2.09. The fourth-order valence-electron chi connectivity index (χ4n) is 2.81. The van der Waals surface area contributed by atoms with Crippen molar-refractivity contribution < 1.29 is 14.7 Å². The van der Waals surface area contributed by atoms with E-state index in [2.05, 4.69) is 0 Å². The van der Waals surface area contributed by atoms with E-state index < -0.39 is 5.97 Å². The second kappa shape index (κ2) is 5.48. The highest BCUT2D eigenvalue weighted by Crippen LogP contribution is 2.28. The second-order valence-electron chi connectivity index (χ2n) is 4.99. The minimum absolute atomic E-state index is 0.0753. The van der Waals surface area contributed by atoms with E-state index in [0.29, 0.717) is 17.5 Å². The molecule has 3 rings (SSSR count). The van der Waals surface area contributed by atoms with Gasteiger partial charge in [0.1, 0.15) is 5.69 Å². The third-order valence-corrected chi connectivity index (χ3v) is 3.75. The summed E-state index contributed by atoms with van der Waals surface area (Å²) in [7, 11) is 0. The number of aromatic carboxylic acids is 1. The monoisotopic (exact) mass is 293 g/mol. The topological polar surface area (TPSA) is 59.3 Å². The lowest BCUT2D eigenvalue weighted by atomic mass is 10.0. The fourth-order valence-corrected chi connectivity index (χ4v) is 2.81. The molecule has 1 aromatic heterocycles. The molecule has 4 heteroatoms. The number of hydrogen-bond acceptors (Lipinski definition) is 2. The molecule has 22 heavy (non-hydrogen) atoms. The van der Waals surface area contributed by atoms with Crippen LogP contribution in [-0.2, 0) is 6.54 Å². The van der Waals surface area contributed by atoms with E-state index in [0.717, 1.165) is 5.52 Å². The Hall–Kier alpha value is -2.88. The average molecular weight is 293 g/mol. The Morgan fingerprint density at radius 3 is 2.27 bits per heavy atom. The van der Waals surface area contributed by atoms with Crippen LogP contribution in [0.5, 0.6) is 0 Å². The van der Waals surface area contributed by atoms with E-state index in [1.807, 2.05) is 25.1 Å². The molecule has 2 aromatic carbocycles. The summed E-state index contributed by atoms with van der Waals surface area (Å²) in [6.07, 6.45) is 0. The first-order valence-electron chi connectivity index (χ1n) is 7.09. The van der Waals surface area contributed by atoms with Crippen LogP contribution in [-0.4, -0.2) is 21.4 Å². The van der Waals surface area contributed by atoms with Crippen molar-refractivity contribution in [3.05, 3.63) is 71.4 Å². The molecule has 0 aliphatic heterocycles. The highest BCUT2D eigenvalue weighted by atomic mass is 16.4. The molecule has 1 N–H and O–H groups in total. The van der Waals surface area contributed by atoms with E-state index >= 15 is 0 Å². The molecule has 0 amide bonds. The van der Waals surface area contributed by atoms with E-state index in [1.165, 1.54) is 0 Å². The van der Waals surface area contributed by atoms with Gasteiger partial charge in [0.05, 0.1) is 5.56 Å². The maximum atomic E-state index is 12.8. The predicted octanol–water partition coefficient (Wildman–Crippen LogP) is 3.59. The number of nitrogens with zero attached hydrogens (tertiary/aromatic N) is 1. The Kier molecular flexibility index (Phi) is 3.51. The van der Waals surface area contributed by atoms with Crippen molar-refractivity contribution in [2.75, 3.05) is 0 Å². The number of carboxylic acids is 1. The number of ketones is 1. The van der Waals surface area contributed by atoms with Gasteiger partial charge in [-0.2, -0.15) is 0 Å². The zero-order valence-corrected chi connectivity index (χ0v) is 12.1. The van der Waals surface area contributed by atoms with Gasteiger partial charge in [-0.3, -0.25) is 4.79 Å². The molecule has 0 radical (unpaired) electrons. The van der Waals surface area contributed by atoms with Gasteiger partial charge in [-0.15, -0.1) is 0 Å². The van der Waals surface area contributed by atoms with E-state index in [-0.39, 0.29) is 17.0 Å². The molecule has 0 bridgehead atoms. The number of rotatable bonds is 4. The minimum Gasteiger partial charge on any atom is -0.478 e. The molecule has 3 aromatic rings. The summed E-state index contributed by atoms with van der Waals surface area (Å²) in [5, 5.41) is 10.2. The quantitative estimate of drug-likeness (QED) is 0.748. The summed E-state index contributed by atoms with van der Waals surface area (Å²) in [4.78, 5) is 24.6. The zero-order valence-electron chi connectivity index (χ0n) is 12.1. The van der Waals surface area contributed by atoms with Gasteiger partial charge >= 0.3 is 5.97 Å². The Morgan fingerprint density at radius 1 is 1.00 bits per heavy atom. The van der Waals surface area contributed by atoms with Gasteiger partial charge < -0.3 is 9.67 Å². The molecule has 0 aliphatic carbocycles. The molecule has 110 valence electrons. The third-order valence-electron chi connectivity index (χ3n) is 3.75. The molecule has 0 saturated heterocycles. The van der Waals surface area contributed by atoms with Crippen LogP contribution in [0.25, 0.3) is 10.9 Å². The fraction of sp³-hybridized carbons (Fsp3) is 0.111. The number of fused-ring (bicyclic) bond motifs is 1. The lowest BCUT2D eigenvalue weighted by molar-refractivity contribution is 0.0694. The Balaban J connectivity index is 2.35. The second-order valence-corrected chi connectivity index (χ2v) is 4.99. The van der Waals surface area contributed by atoms with Crippen molar-refractivity contribution in [2.45, 2.75) is 13.5 Å². The summed E-state index contributed by atoms with van der Waals surface area (Å²) in [6.45, 7) is 2.43. The summed E-state index contributed by atoms with van der Waals surface area (Å²) in [5.74, 6) is -1.35. The lowest BCUT2D eigenvalue weighted by Gasteiger charge is -2.08. The smallest absolute Gasteiger partial charge is 0.338 e. The number of aryl methyl sites for hydroxylation is 1. The molecule has 0 fully saturated rings. The van der Waals surface area contributed by atoms with Gasteiger partial charge in [0.2, 0.25) is 5.78 Å². The first-order valence-corrected chi connectivity index (χ1v) is 7.09. The van der Waals surface area contributed by atoms with Crippen LogP contribution in [0, 0.1) is 0 Å². The zero-order chi connectivity index (χ0) is 15.7. The van der Waals surface area contributed by atoms with Gasteiger partial charge in [-0.1, -0.05) is 48.5 Å². The molecular weight excluding hydrogens is 278 g/mol. The SMILES string of the molecule is CCn1c(C(=O)c2ccccc2)c(C(=O)O)c2ccccc21. The van der Waals surface area contributed by atoms with Crippen LogP contribution in [0.3, 0.4) is 0 Å². The van der Waals surface area contributed by atoms with Gasteiger partial charge in [0.15, 0.2) is 0 Å². The van der Waals surface area contributed by atoms with E-state index in [1.54, 1.807) is 41.0 Å². The van der Waals surface area contributed by atoms with Crippen molar-refractivity contribution >= 4 is 22.7 Å². The summed E-state index contributed by atoms with van der Waals surface area (Å²) in [6, 6.07) is 16.0. The van der Waals surface area contributed by atoms with Crippen molar-refractivity contribution in [1.29, 1.82) is 0 Å². The van der Waals surface area contributed by atoms with Crippen LogP contribution in [0.15, 0.2) is 54.6 Å². The molecule has 1 heterocycles. The van der Waals surface area contributed by atoms with E-state index in [9.17, 15) is 14.7 Å². The summed E-state index contributed by atoms with van der Waals surface area (Å²) >= 11 is 0. The molecule has 4 nitrogen and oxygen atoms in total. The van der Waals surface area contributed by atoms with Gasteiger partial charge in [0.25, 0.3) is 0 Å². The first-order chi connectivity index (χ1) is 10.6. The number of carboxylic acid groups (broad SMARTS) is 1. The lowest BCUT2D eigenvalue weighted by Crippen LogP contribution is -2.14. The van der Waals surface area contributed by atoms with Crippen molar-refractivity contribution in [2.24, 2.45) is 0 Å². The van der Waals surface area contributed by atoms with Gasteiger partial charge in [0, 0.05) is 23.0 Å². The molecule has 0 atom stereocenters. The maximum Gasteiger partial charge on any atom is 0.338 e. The number of benzene rings is 2. The van der Waals surface area contributed by atoms with Crippen LogP contribution < -0.4 is 0 Å². The Bertz CT molecular complexity index is 863. The number of para-hydroxylation sites is 1. The maximum absolute atomic E-state index is 12.8. The molecular formula is C18H15NO3. The molecule has 0 spiro atoms. The largest absolute Gasteiger partial charge is 0.478 e. The van der Waals surface area contributed by atoms with Crippen molar-refractivity contribution in [1.82, 2.24) is 4.57 Å². The molecule has 0 aliphatic rings. The highest BCUT2D eigenvalue weighted by molar-refractivity contribution is 6.19. The van der Waals surface area contributed by atoms with E-state index in [4.69, 9.17) is 0 Å². The van der Waals surface area contributed by atoms with Crippen LogP contribution >= 0.6 is 0 Å². The highest BCUT2D eigenvalue weighted by Gasteiger charge is 2.26. The Labute approximate surface area is 127 Å². The van der Waals surface area contributed by atoms with Crippen LogP contribution in [0.1, 0.15) is 33.3 Å². The summed E-state index contributed by atoms with van der Waals surface area (Å²) < 4.78 is 1.77. The summed E-state index contributed by atoms with van der Waals surface area (Å²) in [5.41, 5.74) is 1.57. The van der Waals surface area contributed by atoms with Crippen molar-refractivity contribution in [3.8, 4) is 0 Å².